The minimum absolute atomic E-state index is 0.192. The molecule has 1 aliphatic rings. The van der Waals surface area contributed by atoms with Crippen LogP contribution in [0.15, 0.2) is 36.7 Å². The Kier molecular flexibility index (Phi) is 4.41. The van der Waals surface area contributed by atoms with Gasteiger partial charge in [0.25, 0.3) is 0 Å². The van der Waals surface area contributed by atoms with Gasteiger partial charge in [-0.15, -0.1) is 0 Å². The summed E-state index contributed by atoms with van der Waals surface area (Å²) in [6, 6.07) is 7.92. The molecule has 2 aromatic rings. The van der Waals surface area contributed by atoms with Gasteiger partial charge >= 0.3 is 0 Å². The highest BCUT2D eigenvalue weighted by Crippen LogP contribution is 2.31. The zero-order valence-corrected chi connectivity index (χ0v) is 13.1. The number of carbonyl (C=O) groups is 1. The van der Waals surface area contributed by atoms with Crippen LogP contribution < -0.4 is 4.90 Å². The second kappa shape index (κ2) is 6.46. The molecule has 1 saturated heterocycles. The largest absolute Gasteiger partial charge is 0.380 e. The number of pyridine rings is 1. The molecule has 2 heterocycles. The van der Waals surface area contributed by atoms with Crippen molar-refractivity contribution in [2.75, 3.05) is 18.6 Å². The highest BCUT2D eigenvalue weighted by atomic mass is 35.5. The molecule has 1 amide bonds. The molecule has 22 heavy (non-hydrogen) atoms. The number of benzene rings is 1. The van der Waals surface area contributed by atoms with Crippen molar-refractivity contribution in [2.24, 2.45) is 0 Å². The quantitative estimate of drug-likeness (QED) is 0.864. The fourth-order valence-corrected chi connectivity index (χ4v) is 2.96. The fourth-order valence-electron chi connectivity index (χ4n) is 2.74. The van der Waals surface area contributed by atoms with E-state index in [9.17, 15) is 4.79 Å². The molecule has 5 heteroatoms. The van der Waals surface area contributed by atoms with Gasteiger partial charge in [-0.3, -0.25) is 9.78 Å². The van der Waals surface area contributed by atoms with Gasteiger partial charge in [0.15, 0.2) is 0 Å². The summed E-state index contributed by atoms with van der Waals surface area (Å²) in [7, 11) is 1.64. The molecule has 0 atom stereocenters. The molecule has 4 nitrogen and oxygen atoms in total. The van der Waals surface area contributed by atoms with Gasteiger partial charge in [0.2, 0.25) is 5.91 Å². The Bertz CT molecular complexity index is 686. The summed E-state index contributed by atoms with van der Waals surface area (Å²) in [5, 5.41) is 0.596. The van der Waals surface area contributed by atoms with Crippen LogP contribution in [0.1, 0.15) is 18.4 Å². The lowest BCUT2D eigenvalue weighted by Crippen LogP contribution is -2.23. The molecule has 0 saturated carbocycles. The summed E-state index contributed by atoms with van der Waals surface area (Å²) >= 11 is 6.22. The second-order valence-electron chi connectivity index (χ2n) is 5.28. The van der Waals surface area contributed by atoms with E-state index in [4.69, 9.17) is 16.3 Å². The number of hydrogen-bond donors (Lipinski definition) is 0. The Labute approximate surface area is 134 Å². The molecule has 1 fully saturated rings. The number of aromatic nitrogens is 1. The number of amides is 1. The molecule has 1 aromatic heterocycles. The molecule has 0 radical (unpaired) electrons. The molecule has 3 rings (SSSR count). The predicted octanol–water partition coefficient (Wildman–Crippen LogP) is 3.68. The maximum absolute atomic E-state index is 11.8. The number of carbonyl (C=O) groups excluding carboxylic acids is 1. The van der Waals surface area contributed by atoms with E-state index < -0.39 is 0 Å². The Hall–Kier alpha value is -1.91. The van der Waals surface area contributed by atoms with E-state index in [-0.39, 0.29) is 5.91 Å². The van der Waals surface area contributed by atoms with Crippen LogP contribution >= 0.6 is 11.6 Å². The maximum atomic E-state index is 11.8. The standard InChI is InChI=1S/C17H17ClN2O2/c1-22-11-15-14(9-19-10-16(15)18)12-4-6-13(7-5-12)20-8-2-3-17(20)21/h4-7,9-10H,2-3,8,11H2,1H3. The summed E-state index contributed by atoms with van der Waals surface area (Å²) < 4.78 is 5.22. The van der Waals surface area contributed by atoms with Crippen LogP contribution in [0, 0.1) is 0 Å². The number of rotatable bonds is 4. The number of halogens is 1. The summed E-state index contributed by atoms with van der Waals surface area (Å²) in [5.74, 6) is 0.192. The molecule has 1 aromatic carbocycles. The van der Waals surface area contributed by atoms with Crippen LogP contribution in [-0.2, 0) is 16.1 Å². The Balaban J connectivity index is 1.93. The first kappa shape index (κ1) is 15.0. The van der Waals surface area contributed by atoms with E-state index >= 15 is 0 Å². The van der Waals surface area contributed by atoms with Crippen LogP contribution in [-0.4, -0.2) is 24.5 Å². The lowest BCUT2D eigenvalue weighted by molar-refractivity contribution is -0.117. The van der Waals surface area contributed by atoms with Crippen LogP contribution in [0.2, 0.25) is 5.02 Å². The molecule has 0 N–H and O–H groups in total. The predicted molar refractivity (Wildman–Crippen MR) is 87.0 cm³/mol. The van der Waals surface area contributed by atoms with Gasteiger partial charge in [-0.25, -0.2) is 0 Å². The maximum Gasteiger partial charge on any atom is 0.227 e. The molecular formula is C17H17ClN2O2. The molecule has 0 spiro atoms. The Morgan fingerprint density at radius 3 is 2.68 bits per heavy atom. The first-order valence-corrected chi connectivity index (χ1v) is 7.60. The van der Waals surface area contributed by atoms with Crippen LogP contribution in [0.25, 0.3) is 11.1 Å². The minimum atomic E-state index is 0.192. The fraction of sp³-hybridized carbons (Fsp3) is 0.294. The van der Waals surface area contributed by atoms with Gasteiger partial charge in [-0.05, 0) is 24.1 Å². The van der Waals surface area contributed by atoms with Crippen LogP contribution in [0.3, 0.4) is 0 Å². The van der Waals surface area contributed by atoms with E-state index in [1.165, 1.54) is 0 Å². The third-order valence-electron chi connectivity index (χ3n) is 3.86. The van der Waals surface area contributed by atoms with Crippen molar-refractivity contribution in [1.29, 1.82) is 0 Å². The lowest BCUT2D eigenvalue weighted by atomic mass is 10.0. The number of hydrogen-bond acceptors (Lipinski definition) is 3. The highest BCUT2D eigenvalue weighted by molar-refractivity contribution is 6.31. The van der Waals surface area contributed by atoms with E-state index in [1.807, 2.05) is 29.2 Å². The molecule has 0 aliphatic carbocycles. The number of nitrogens with zero attached hydrogens (tertiary/aromatic N) is 2. The Morgan fingerprint density at radius 1 is 1.27 bits per heavy atom. The van der Waals surface area contributed by atoms with Gasteiger partial charge in [-0.2, -0.15) is 0 Å². The van der Waals surface area contributed by atoms with Gasteiger partial charge < -0.3 is 9.64 Å². The second-order valence-corrected chi connectivity index (χ2v) is 5.68. The van der Waals surface area contributed by atoms with Crippen molar-refractivity contribution in [2.45, 2.75) is 19.4 Å². The van der Waals surface area contributed by atoms with E-state index in [0.29, 0.717) is 18.1 Å². The summed E-state index contributed by atoms with van der Waals surface area (Å²) in [6.07, 6.45) is 4.97. The molecule has 0 bridgehead atoms. The third-order valence-corrected chi connectivity index (χ3v) is 4.18. The van der Waals surface area contributed by atoms with Gasteiger partial charge in [0.05, 0.1) is 11.6 Å². The van der Waals surface area contributed by atoms with Crippen molar-refractivity contribution in [3.05, 3.63) is 47.2 Å². The van der Waals surface area contributed by atoms with Crippen molar-refractivity contribution >= 4 is 23.2 Å². The summed E-state index contributed by atoms with van der Waals surface area (Å²) in [4.78, 5) is 17.8. The van der Waals surface area contributed by atoms with Crippen molar-refractivity contribution in [3.63, 3.8) is 0 Å². The van der Waals surface area contributed by atoms with E-state index in [1.54, 1.807) is 19.5 Å². The first-order valence-electron chi connectivity index (χ1n) is 7.23. The van der Waals surface area contributed by atoms with Gasteiger partial charge in [0, 0.05) is 49.3 Å². The van der Waals surface area contributed by atoms with Crippen LogP contribution in [0.4, 0.5) is 5.69 Å². The van der Waals surface area contributed by atoms with Crippen molar-refractivity contribution < 1.29 is 9.53 Å². The van der Waals surface area contributed by atoms with Gasteiger partial charge in [-0.1, -0.05) is 23.7 Å². The topological polar surface area (TPSA) is 42.4 Å². The van der Waals surface area contributed by atoms with Crippen molar-refractivity contribution in [3.8, 4) is 11.1 Å². The normalized spacial score (nSPS) is 14.6. The number of anilines is 1. The van der Waals surface area contributed by atoms with Crippen molar-refractivity contribution in [1.82, 2.24) is 4.98 Å². The zero-order chi connectivity index (χ0) is 15.5. The highest BCUT2D eigenvalue weighted by Gasteiger charge is 2.21. The summed E-state index contributed by atoms with van der Waals surface area (Å²) in [5.41, 5.74) is 3.82. The monoisotopic (exact) mass is 316 g/mol. The SMILES string of the molecule is COCc1c(Cl)cncc1-c1ccc(N2CCCC2=O)cc1. The lowest BCUT2D eigenvalue weighted by Gasteiger charge is -2.16. The third kappa shape index (κ3) is 2.85. The zero-order valence-electron chi connectivity index (χ0n) is 12.4. The molecule has 0 unspecified atom stereocenters. The summed E-state index contributed by atoms with van der Waals surface area (Å²) in [6.45, 7) is 1.23. The first-order chi connectivity index (χ1) is 10.7. The molecule has 114 valence electrons. The average molecular weight is 317 g/mol. The number of ether oxygens (including phenoxy) is 1. The minimum Gasteiger partial charge on any atom is -0.380 e. The van der Waals surface area contributed by atoms with E-state index in [2.05, 4.69) is 4.98 Å². The molecule has 1 aliphatic heterocycles. The molecular weight excluding hydrogens is 300 g/mol. The van der Waals surface area contributed by atoms with Gasteiger partial charge in [0.1, 0.15) is 0 Å². The number of methoxy groups -OCH3 is 1. The van der Waals surface area contributed by atoms with Crippen LogP contribution in [0.5, 0.6) is 0 Å². The Morgan fingerprint density at radius 2 is 2.05 bits per heavy atom. The average Bonchev–Trinajstić information content (AvgIpc) is 2.96. The smallest absolute Gasteiger partial charge is 0.227 e. The van der Waals surface area contributed by atoms with E-state index in [0.717, 1.165) is 35.3 Å².